The second kappa shape index (κ2) is 11.3. The molecule has 0 aliphatic heterocycles. The summed E-state index contributed by atoms with van der Waals surface area (Å²) in [7, 11) is 0. The Morgan fingerprint density at radius 1 is 1.03 bits per heavy atom. The van der Waals surface area contributed by atoms with Crippen molar-refractivity contribution in [2.24, 2.45) is 5.92 Å². The van der Waals surface area contributed by atoms with Crippen LogP contribution >= 0.6 is 11.8 Å². The molecule has 7 heteroatoms. The molecular weight excluding hydrogens is 474 g/mol. The molecule has 3 aromatic rings. The lowest BCUT2D eigenvalue weighted by Crippen LogP contribution is -2.45. The normalized spacial score (nSPS) is 18.6. The van der Waals surface area contributed by atoms with Gasteiger partial charge < -0.3 is 20.3 Å². The van der Waals surface area contributed by atoms with Crippen molar-refractivity contribution in [1.82, 2.24) is 5.32 Å². The molecule has 0 spiro atoms. The van der Waals surface area contributed by atoms with E-state index in [0.29, 0.717) is 31.0 Å². The average molecular weight is 506 g/mol. The van der Waals surface area contributed by atoms with Crippen molar-refractivity contribution in [3.8, 4) is 11.1 Å². The van der Waals surface area contributed by atoms with E-state index in [1.165, 1.54) is 0 Å². The first-order valence-corrected chi connectivity index (χ1v) is 13.3. The lowest BCUT2D eigenvalue weighted by molar-refractivity contribution is -0.140. The Balaban J connectivity index is 1.59. The van der Waals surface area contributed by atoms with Gasteiger partial charge in [0.25, 0.3) is 5.91 Å². The molecule has 6 nitrogen and oxygen atoms in total. The number of carbonyl (C=O) groups is 2. The molecule has 1 saturated carbocycles. The van der Waals surface area contributed by atoms with Gasteiger partial charge in [0.15, 0.2) is 0 Å². The predicted octanol–water partition coefficient (Wildman–Crippen LogP) is 4.81. The molecular formula is C29H31NO5S. The Bertz CT molecular complexity index is 1260. The summed E-state index contributed by atoms with van der Waals surface area (Å²) in [6.45, 7) is 2.63. The molecule has 1 amide bonds. The molecule has 1 unspecified atom stereocenters. The summed E-state index contributed by atoms with van der Waals surface area (Å²) in [5.41, 5.74) is 4.56. The molecule has 0 bridgehead atoms. The lowest BCUT2D eigenvalue weighted by atomic mass is 9.93. The minimum absolute atomic E-state index is 0.0452. The number of aliphatic carboxylic acids is 1. The standard InChI is InChI=1S/C29H31NO5S/c1-19-7-3-6-10-24(19)26-13-20(16-35-17-22-9-5-4-8-21(22)15-31)11-12-25(26)27(32)30-29(28(33)34)14-23(29)18-36-2/h3-13,23,31H,14-18H2,1-2H3,(H,30,32)(H,33,34)/t23-,29?/m0/s1. The van der Waals surface area contributed by atoms with Crippen molar-refractivity contribution in [3.05, 3.63) is 94.5 Å². The molecule has 0 saturated heterocycles. The number of aliphatic hydroxyl groups excluding tert-OH is 1. The minimum atomic E-state index is -1.20. The summed E-state index contributed by atoms with van der Waals surface area (Å²) < 4.78 is 5.94. The van der Waals surface area contributed by atoms with Crippen molar-refractivity contribution in [2.75, 3.05) is 12.0 Å². The average Bonchev–Trinajstić information content (AvgIpc) is 3.58. The van der Waals surface area contributed by atoms with Gasteiger partial charge in [-0.3, -0.25) is 4.79 Å². The minimum Gasteiger partial charge on any atom is -0.479 e. The van der Waals surface area contributed by atoms with Gasteiger partial charge in [-0.2, -0.15) is 11.8 Å². The smallest absolute Gasteiger partial charge is 0.329 e. The molecule has 3 N–H and O–H groups in total. The molecule has 0 heterocycles. The predicted molar refractivity (Wildman–Crippen MR) is 142 cm³/mol. The first kappa shape index (κ1) is 25.9. The number of carboxylic acid groups (broad SMARTS) is 1. The maximum absolute atomic E-state index is 13.4. The van der Waals surface area contributed by atoms with Crippen LogP contribution in [0.2, 0.25) is 0 Å². The van der Waals surface area contributed by atoms with Gasteiger partial charge in [0, 0.05) is 11.5 Å². The summed E-state index contributed by atoms with van der Waals surface area (Å²) in [5, 5.41) is 22.2. The van der Waals surface area contributed by atoms with E-state index >= 15 is 0 Å². The molecule has 3 aromatic carbocycles. The molecule has 1 aliphatic carbocycles. The zero-order chi connectivity index (χ0) is 25.7. The van der Waals surface area contributed by atoms with Crippen molar-refractivity contribution < 1.29 is 24.5 Å². The van der Waals surface area contributed by atoms with Gasteiger partial charge >= 0.3 is 5.97 Å². The van der Waals surface area contributed by atoms with Crippen LogP contribution in [0.1, 0.15) is 39.0 Å². The van der Waals surface area contributed by atoms with E-state index in [9.17, 15) is 19.8 Å². The Morgan fingerprint density at radius 3 is 2.44 bits per heavy atom. The van der Waals surface area contributed by atoms with Crippen LogP contribution in [-0.2, 0) is 29.4 Å². The zero-order valence-electron chi connectivity index (χ0n) is 20.5. The van der Waals surface area contributed by atoms with E-state index in [4.69, 9.17) is 4.74 Å². The molecule has 2 atom stereocenters. The van der Waals surface area contributed by atoms with E-state index in [2.05, 4.69) is 5.32 Å². The summed E-state index contributed by atoms with van der Waals surface area (Å²) in [4.78, 5) is 25.4. The topological polar surface area (TPSA) is 95.9 Å². The molecule has 188 valence electrons. The molecule has 36 heavy (non-hydrogen) atoms. The van der Waals surface area contributed by atoms with Crippen LogP contribution in [0.4, 0.5) is 0 Å². The first-order valence-electron chi connectivity index (χ1n) is 11.9. The quantitative estimate of drug-likeness (QED) is 0.346. The van der Waals surface area contributed by atoms with Crippen LogP contribution in [-0.4, -0.2) is 39.6 Å². The number of aryl methyl sites for hydroxylation is 1. The number of thioether (sulfide) groups is 1. The highest BCUT2D eigenvalue weighted by atomic mass is 32.2. The number of ether oxygens (including phenoxy) is 1. The largest absolute Gasteiger partial charge is 0.479 e. The molecule has 4 rings (SSSR count). The highest BCUT2D eigenvalue weighted by Crippen LogP contribution is 2.46. The number of carbonyl (C=O) groups excluding carboxylic acids is 1. The summed E-state index contributed by atoms with van der Waals surface area (Å²) >= 11 is 1.58. The second-order valence-electron chi connectivity index (χ2n) is 9.20. The fraction of sp³-hybridized carbons (Fsp3) is 0.310. The maximum Gasteiger partial charge on any atom is 0.329 e. The summed E-state index contributed by atoms with van der Waals surface area (Å²) in [6.07, 6.45) is 2.38. The first-order chi connectivity index (χ1) is 17.4. The van der Waals surface area contributed by atoms with Gasteiger partial charge in [-0.15, -0.1) is 0 Å². The van der Waals surface area contributed by atoms with E-state index in [0.717, 1.165) is 33.4 Å². The van der Waals surface area contributed by atoms with Gasteiger partial charge in [0.05, 0.1) is 19.8 Å². The summed E-state index contributed by atoms with van der Waals surface area (Å²) in [5.74, 6) is -0.762. The van der Waals surface area contributed by atoms with Crippen LogP contribution < -0.4 is 5.32 Å². The number of rotatable bonds is 11. The number of hydrogen-bond donors (Lipinski definition) is 3. The van der Waals surface area contributed by atoms with Gasteiger partial charge in [-0.05, 0) is 70.9 Å². The Labute approximate surface area is 215 Å². The summed E-state index contributed by atoms with van der Waals surface area (Å²) in [6, 6.07) is 20.9. The van der Waals surface area contributed by atoms with Gasteiger partial charge in [-0.1, -0.05) is 54.6 Å². The number of benzene rings is 3. The monoisotopic (exact) mass is 505 g/mol. The van der Waals surface area contributed by atoms with Crippen LogP contribution in [0.15, 0.2) is 66.7 Å². The third-order valence-corrected chi connectivity index (χ3v) is 7.51. The van der Waals surface area contributed by atoms with Gasteiger partial charge in [-0.25, -0.2) is 4.79 Å². The molecule has 0 aromatic heterocycles. The van der Waals surface area contributed by atoms with E-state index in [1.807, 2.05) is 73.8 Å². The SMILES string of the molecule is CSC[C@@H]1CC1(NC(=O)c1ccc(COCc2ccccc2CO)cc1-c1ccccc1C)C(=O)O. The van der Waals surface area contributed by atoms with Gasteiger partial charge in [0.1, 0.15) is 5.54 Å². The Hall–Kier alpha value is -3.13. The van der Waals surface area contributed by atoms with Crippen molar-refractivity contribution in [1.29, 1.82) is 0 Å². The number of carboxylic acids is 1. The fourth-order valence-corrected chi connectivity index (χ4v) is 5.38. The van der Waals surface area contributed by atoms with Gasteiger partial charge in [0.2, 0.25) is 0 Å². The van der Waals surface area contributed by atoms with Crippen LogP contribution in [0.5, 0.6) is 0 Å². The molecule has 1 aliphatic rings. The molecule has 0 radical (unpaired) electrons. The van der Waals surface area contributed by atoms with Crippen molar-refractivity contribution in [3.63, 3.8) is 0 Å². The third-order valence-electron chi connectivity index (χ3n) is 6.77. The number of aliphatic hydroxyl groups is 1. The Kier molecular flexibility index (Phi) is 8.14. The zero-order valence-corrected chi connectivity index (χ0v) is 21.3. The number of hydrogen-bond acceptors (Lipinski definition) is 5. The van der Waals surface area contributed by atoms with E-state index in [1.54, 1.807) is 17.8 Å². The third kappa shape index (κ3) is 5.48. The van der Waals surface area contributed by atoms with Crippen molar-refractivity contribution >= 4 is 23.6 Å². The van der Waals surface area contributed by atoms with Crippen LogP contribution in [0, 0.1) is 12.8 Å². The van der Waals surface area contributed by atoms with Crippen LogP contribution in [0.3, 0.4) is 0 Å². The van der Waals surface area contributed by atoms with E-state index < -0.39 is 11.5 Å². The van der Waals surface area contributed by atoms with E-state index in [-0.39, 0.29) is 18.4 Å². The second-order valence-corrected chi connectivity index (χ2v) is 10.1. The highest BCUT2D eigenvalue weighted by Gasteiger charge is 2.61. The highest BCUT2D eigenvalue weighted by molar-refractivity contribution is 7.98. The number of amides is 1. The fourth-order valence-electron chi connectivity index (χ4n) is 4.58. The lowest BCUT2D eigenvalue weighted by Gasteiger charge is -2.18. The molecule has 1 fully saturated rings. The number of nitrogens with one attached hydrogen (secondary N) is 1. The van der Waals surface area contributed by atoms with Crippen LogP contribution in [0.25, 0.3) is 11.1 Å². The Morgan fingerprint density at radius 2 is 1.75 bits per heavy atom. The maximum atomic E-state index is 13.4. The van der Waals surface area contributed by atoms with Crippen molar-refractivity contribution in [2.45, 2.75) is 38.7 Å².